The van der Waals surface area contributed by atoms with Crippen molar-refractivity contribution in [3.05, 3.63) is 187 Å². The number of fused-ring (bicyclic) bond motifs is 3. The minimum Gasteiger partial charge on any atom is -0.309 e. The molecule has 4 nitrogen and oxygen atoms in total. The SMILES string of the molecule is N#Cc1ccc2c(c1)c1ccccc1n2-c1ccccc1-c1cc([Si](c2ccccc2)(c2ccccc2)c2ccccc2)c(C#N)cc1C#N. The lowest BCUT2D eigenvalue weighted by Gasteiger charge is -2.35. The smallest absolute Gasteiger partial charge is 0.180 e. The zero-order chi connectivity index (χ0) is 34.1. The second-order valence-electron chi connectivity index (χ2n) is 12.2. The largest absolute Gasteiger partial charge is 0.309 e. The van der Waals surface area contributed by atoms with Gasteiger partial charge < -0.3 is 4.57 Å². The number of benzene rings is 7. The Labute approximate surface area is 291 Å². The van der Waals surface area contributed by atoms with Crippen molar-refractivity contribution in [3.63, 3.8) is 0 Å². The van der Waals surface area contributed by atoms with Gasteiger partial charge in [-0.05, 0) is 57.1 Å². The van der Waals surface area contributed by atoms with E-state index >= 15 is 0 Å². The molecule has 0 bridgehead atoms. The number of rotatable bonds is 6. The lowest BCUT2D eigenvalue weighted by atomic mass is 9.96. The third-order valence-electron chi connectivity index (χ3n) is 9.66. The number of hydrogen-bond donors (Lipinski definition) is 0. The maximum absolute atomic E-state index is 10.8. The minimum absolute atomic E-state index is 0.433. The molecule has 0 fully saturated rings. The molecule has 0 unspecified atom stereocenters. The van der Waals surface area contributed by atoms with Gasteiger partial charge in [-0.1, -0.05) is 133 Å². The summed E-state index contributed by atoms with van der Waals surface area (Å²) < 4.78 is 2.22. The van der Waals surface area contributed by atoms with Crippen LogP contribution in [0.1, 0.15) is 16.7 Å². The van der Waals surface area contributed by atoms with Crippen LogP contribution in [-0.4, -0.2) is 12.6 Å². The van der Waals surface area contributed by atoms with Crippen LogP contribution in [0.5, 0.6) is 0 Å². The normalized spacial score (nSPS) is 11.1. The molecule has 8 rings (SSSR count). The van der Waals surface area contributed by atoms with Crippen LogP contribution >= 0.6 is 0 Å². The van der Waals surface area contributed by atoms with Gasteiger partial charge in [0.05, 0.1) is 51.6 Å². The summed E-state index contributed by atoms with van der Waals surface area (Å²) in [5.41, 5.74) is 6.03. The minimum atomic E-state index is -3.12. The van der Waals surface area contributed by atoms with Gasteiger partial charge >= 0.3 is 0 Å². The van der Waals surface area contributed by atoms with E-state index in [4.69, 9.17) is 0 Å². The highest BCUT2D eigenvalue weighted by atomic mass is 28.3. The molecule has 0 atom stereocenters. The van der Waals surface area contributed by atoms with Crippen LogP contribution in [0.4, 0.5) is 0 Å². The molecule has 0 radical (unpaired) electrons. The summed E-state index contributed by atoms with van der Waals surface area (Å²) in [7, 11) is -3.12. The molecule has 0 saturated carbocycles. The zero-order valence-corrected chi connectivity index (χ0v) is 28.0. The molecule has 7 aromatic carbocycles. The summed E-state index contributed by atoms with van der Waals surface area (Å²) in [6.07, 6.45) is 0. The Balaban J connectivity index is 1.50. The summed E-state index contributed by atoms with van der Waals surface area (Å²) in [6.45, 7) is 0. The van der Waals surface area contributed by atoms with Gasteiger partial charge in [0.15, 0.2) is 8.07 Å². The van der Waals surface area contributed by atoms with E-state index in [1.807, 2.05) is 60.7 Å². The molecule has 0 spiro atoms. The fourth-order valence-corrected chi connectivity index (χ4v) is 12.5. The topological polar surface area (TPSA) is 76.3 Å². The molecule has 1 aromatic heterocycles. The monoisotopic (exact) mass is 652 g/mol. The van der Waals surface area contributed by atoms with Crippen molar-refractivity contribution in [2.45, 2.75) is 0 Å². The number of aromatic nitrogens is 1. The summed E-state index contributed by atoms with van der Waals surface area (Å²) in [5.74, 6) is 0. The molecule has 0 aliphatic carbocycles. The standard InChI is InChI=1S/C45H28N4Si/c46-29-32-24-25-44-41(26-32)39-21-11-13-23-43(39)49(44)42-22-12-10-20-38(42)40-28-45(34(31-48)27-33(40)30-47)50(35-14-4-1-5-15-35,36-16-6-2-7-17-36)37-18-8-3-9-19-37/h1-28H. The van der Waals surface area contributed by atoms with Gasteiger partial charge in [0, 0.05) is 21.9 Å². The van der Waals surface area contributed by atoms with Crippen LogP contribution in [0.2, 0.25) is 0 Å². The first kappa shape index (κ1) is 30.4. The first-order chi connectivity index (χ1) is 24.7. The Morgan fingerprint density at radius 3 is 1.56 bits per heavy atom. The number of hydrogen-bond acceptors (Lipinski definition) is 3. The molecule has 0 saturated heterocycles. The Morgan fingerprint density at radius 2 is 0.960 bits per heavy atom. The third-order valence-corrected chi connectivity index (χ3v) is 14.5. The lowest BCUT2D eigenvalue weighted by Crippen LogP contribution is -2.75. The summed E-state index contributed by atoms with van der Waals surface area (Å²) >= 11 is 0. The van der Waals surface area contributed by atoms with Crippen molar-refractivity contribution >= 4 is 50.6 Å². The molecule has 0 N–H and O–H groups in total. The van der Waals surface area contributed by atoms with Crippen molar-refractivity contribution in [1.82, 2.24) is 4.57 Å². The van der Waals surface area contributed by atoms with Gasteiger partial charge in [0.1, 0.15) is 0 Å². The van der Waals surface area contributed by atoms with Gasteiger partial charge in [-0.15, -0.1) is 0 Å². The molecule has 232 valence electrons. The molecule has 5 heteroatoms. The van der Waals surface area contributed by atoms with Crippen LogP contribution in [0.15, 0.2) is 170 Å². The predicted octanol–water partition coefficient (Wildman–Crippen LogP) is 7.44. The summed E-state index contributed by atoms with van der Waals surface area (Å²) in [4.78, 5) is 0. The first-order valence-electron chi connectivity index (χ1n) is 16.4. The maximum Gasteiger partial charge on any atom is 0.180 e. The van der Waals surface area contributed by atoms with E-state index in [9.17, 15) is 15.8 Å². The third kappa shape index (κ3) is 4.72. The fraction of sp³-hybridized carbons (Fsp3) is 0. The summed E-state index contributed by atoms with van der Waals surface area (Å²) in [5, 5.41) is 37.6. The Morgan fingerprint density at radius 1 is 0.420 bits per heavy atom. The van der Waals surface area contributed by atoms with Gasteiger partial charge in [0.25, 0.3) is 0 Å². The van der Waals surface area contributed by atoms with Crippen molar-refractivity contribution in [3.8, 4) is 35.0 Å². The van der Waals surface area contributed by atoms with E-state index in [1.54, 1.807) is 6.07 Å². The van der Waals surface area contributed by atoms with E-state index < -0.39 is 8.07 Å². The van der Waals surface area contributed by atoms with Crippen LogP contribution in [0.25, 0.3) is 38.6 Å². The van der Waals surface area contributed by atoms with E-state index in [0.717, 1.165) is 59.4 Å². The van der Waals surface area contributed by atoms with Gasteiger partial charge in [-0.2, -0.15) is 15.8 Å². The number of nitrogens with zero attached hydrogens (tertiary/aromatic N) is 4. The fourth-order valence-electron chi connectivity index (χ4n) is 7.55. The highest BCUT2D eigenvalue weighted by molar-refractivity contribution is 7.20. The molecule has 50 heavy (non-hydrogen) atoms. The zero-order valence-electron chi connectivity index (χ0n) is 27.0. The molecule has 1 heterocycles. The molecule has 8 aromatic rings. The molecule has 0 aliphatic heterocycles. The first-order valence-corrected chi connectivity index (χ1v) is 18.4. The number of para-hydroxylation sites is 2. The Bertz CT molecular complexity index is 2580. The Kier molecular flexibility index (Phi) is 7.63. The van der Waals surface area contributed by atoms with E-state index in [-0.39, 0.29) is 0 Å². The van der Waals surface area contributed by atoms with Crippen molar-refractivity contribution in [2.24, 2.45) is 0 Å². The van der Waals surface area contributed by atoms with Crippen LogP contribution in [0, 0.1) is 34.0 Å². The van der Waals surface area contributed by atoms with Crippen molar-refractivity contribution in [2.75, 3.05) is 0 Å². The summed E-state index contributed by atoms with van der Waals surface area (Å²) in [6, 6.07) is 64.8. The van der Waals surface area contributed by atoms with Crippen LogP contribution < -0.4 is 20.7 Å². The Hall–Kier alpha value is -6.97. The number of nitriles is 3. The molecular formula is C45H28N4Si. The van der Waals surface area contributed by atoms with Crippen molar-refractivity contribution < 1.29 is 0 Å². The van der Waals surface area contributed by atoms with E-state index in [2.05, 4.69) is 126 Å². The van der Waals surface area contributed by atoms with E-state index in [1.165, 1.54) is 0 Å². The van der Waals surface area contributed by atoms with Crippen LogP contribution in [0.3, 0.4) is 0 Å². The highest BCUT2D eigenvalue weighted by Crippen LogP contribution is 2.37. The van der Waals surface area contributed by atoms with Crippen molar-refractivity contribution in [1.29, 1.82) is 15.8 Å². The van der Waals surface area contributed by atoms with E-state index in [0.29, 0.717) is 16.7 Å². The highest BCUT2D eigenvalue weighted by Gasteiger charge is 2.43. The predicted molar refractivity (Wildman–Crippen MR) is 204 cm³/mol. The van der Waals surface area contributed by atoms with Crippen LogP contribution in [-0.2, 0) is 0 Å². The second kappa shape index (κ2) is 12.6. The molecular weight excluding hydrogens is 625 g/mol. The van der Waals surface area contributed by atoms with Gasteiger partial charge in [0.2, 0.25) is 0 Å². The second-order valence-corrected chi connectivity index (χ2v) is 16.0. The van der Waals surface area contributed by atoms with Gasteiger partial charge in [-0.3, -0.25) is 0 Å². The quantitative estimate of drug-likeness (QED) is 0.138. The molecule has 0 aliphatic rings. The average molecular weight is 653 g/mol. The maximum atomic E-state index is 10.8. The average Bonchev–Trinajstić information content (AvgIpc) is 3.52. The lowest BCUT2D eigenvalue weighted by molar-refractivity contribution is 1.18. The van der Waals surface area contributed by atoms with Gasteiger partial charge in [-0.25, -0.2) is 0 Å². The molecule has 0 amide bonds.